The summed E-state index contributed by atoms with van der Waals surface area (Å²) in [5.41, 5.74) is 0.550. The van der Waals surface area contributed by atoms with Crippen LogP contribution in [0.25, 0.3) is 11.3 Å². The fraction of sp³-hybridized carbons (Fsp3) is 0.286. The van der Waals surface area contributed by atoms with Crippen molar-refractivity contribution < 1.29 is 9.31 Å². The molecule has 100 valence electrons. The zero-order valence-corrected chi connectivity index (χ0v) is 11.0. The SMILES string of the molecule is CC(C)(C)c1c[nH]c(-c2ccccc2F)c1[N+](=O)[O-]. The van der Waals surface area contributed by atoms with Gasteiger partial charge in [0.1, 0.15) is 11.5 Å². The first-order valence-electron chi connectivity index (χ1n) is 5.93. The van der Waals surface area contributed by atoms with E-state index in [9.17, 15) is 14.5 Å². The minimum Gasteiger partial charge on any atom is -0.355 e. The summed E-state index contributed by atoms with van der Waals surface area (Å²) in [7, 11) is 0. The van der Waals surface area contributed by atoms with Gasteiger partial charge in [-0.2, -0.15) is 0 Å². The smallest absolute Gasteiger partial charge is 0.298 e. The molecule has 0 radical (unpaired) electrons. The third kappa shape index (κ3) is 2.36. The highest BCUT2D eigenvalue weighted by Crippen LogP contribution is 2.39. The molecule has 0 aliphatic heterocycles. The van der Waals surface area contributed by atoms with Crippen LogP contribution in [0, 0.1) is 15.9 Å². The predicted octanol–water partition coefficient (Wildman–Crippen LogP) is 4.03. The van der Waals surface area contributed by atoms with Gasteiger partial charge < -0.3 is 4.98 Å². The van der Waals surface area contributed by atoms with Gasteiger partial charge in [0.15, 0.2) is 0 Å². The standard InChI is InChI=1S/C14H15FN2O2/c1-14(2,3)10-8-16-12(13(10)17(18)19)9-6-4-5-7-11(9)15/h4-8,16H,1-3H3. The second kappa shape index (κ2) is 4.50. The van der Waals surface area contributed by atoms with Gasteiger partial charge in [-0.05, 0) is 17.5 Å². The molecule has 4 nitrogen and oxygen atoms in total. The summed E-state index contributed by atoms with van der Waals surface area (Å²) >= 11 is 0. The van der Waals surface area contributed by atoms with E-state index in [4.69, 9.17) is 0 Å². The number of aromatic amines is 1. The Balaban J connectivity index is 2.70. The summed E-state index contributed by atoms with van der Waals surface area (Å²) in [5, 5.41) is 11.3. The molecule has 1 aromatic carbocycles. The lowest BCUT2D eigenvalue weighted by Crippen LogP contribution is -2.12. The summed E-state index contributed by atoms with van der Waals surface area (Å²) in [6, 6.07) is 6.02. The number of H-pyrrole nitrogens is 1. The van der Waals surface area contributed by atoms with Crippen LogP contribution >= 0.6 is 0 Å². The van der Waals surface area contributed by atoms with E-state index in [-0.39, 0.29) is 22.4 Å². The molecule has 2 aromatic rings. The quantitative estimate of drug-likeness (QED) is 0.656. The Labute approximate surface area is 110 Å². The summed E-state index contributed by atoms with van der Waals surface area (Å²) in [5.74, 6) is -0.479. The van der Waals surface area contributed by atoms with Crippen molar-refractivity contribution in [1.29, 1.82) is 0 Å². The van der Waals surface area contributed by atoms with Crippen molar-refractivity contribution in [3.63, 3.8) is 0 Å². The number of nitrogens with zero attached hydrogens (tertiary/aromatic N) is 1. The number of nitrogens with one attached hydrogen (secondary N) is 1. The van der Waals surface area contributed by atoms with Crippen LogP contribution in [-0.4, -0.2) is 9.91 Å². The van der Waals surface area contributed by atoms with Gasteiger partial charge in [0, 0.05) is 11.8 Å². The molecular weight excluding hydrogens is 247 g/mol. The van der Waals surface area contributed by atoms with E-state index >= 15 is 0 Å². The summed E-state index contributed by atoms with van der Waals surface area (Å²) in [6.07, 6.45) is 1.58. The van der Waals surface area contributed by atoms with Gasteiger partial charge in [-0.3, -0.25) is 10.1 Å². The number of halogens is 1. The summed E-state index contributed by atoms with van der Waals surface area (Å²) in [6.45, 7) is 5.65. The summed E-state index contributed by atoms with van der Waals surface area (Å²) in [4.78, 5) is 13.7. The largest absolute Gasteiger partial charge is 0.355 e. The van der Waals surface area contributed by atoms with Gasteiger partial charge in [0.25, 0.3) is 5.69 Å². The van der Waals surface area contributed by atoms with Gasteiger partial charge in [0.2, 0.25) is 0 Å². The van der Waals surface area contributed by atoms with Crippen molar-refractivity contribution in [3.05, 3.63) is 52.0 Å². The van der Waals surface area contributed by atoms with Crippen molar-refractivity contribution in [2.75, 3.05) is 0 Å². The first kappa shape index (κ1) is 13.3. The van der Waals surface area contributed by atoms with Crippen LogP contribution < -0.4 is 0 Å². The molecule has 0 spiro atoms. The Kier molecular flexibility index (Phi) is 3.14. The predicted molar refractivity (Wildman–Crippen MR) is 71.5 cm³/mol. The average molecular weight is 262 g/mol. The number of hydrogen-bond acceptors (Lipinski definition) is 2. The second-order valence-corrected chi connectivity index (χ2v) is 5.41. The Hall–Kier alpha value is -2.17. The van der Waals surface area contributed by atoms with Crippen LogP contribution in [0.2, 0.25) is 0 Å². The van der Waals surface area contributed by atoms with E-state index in [1.165, 1.54) is 12.1 Å². The Morgan fingerprint density at radius 1 is 1.26 bits per heavy atom. The molecule has 1 N–H and O–H groups in total. The molecule has 0 amide bonds. The highest BCUT2D eigenvalue weighted by Gasteiger charge is 2.31. The number of benzene rings is 1. The van der Waals surface area contributed by atoms with Crippen molar-refractivity contribution in [1.82, 2.24) is 4.98 Å². The van der Waals surface area contributed by atoms with Crippen molar-refractivity contribution in [3.8, 4) is 11.3 Å². The van der Waals surface area contributed by atoms with E-state index in [0.29, 0.717) is 5.56 Å². The molecule has 0 aliphatic carbocycles. The third-order valence-electron chi connectivity index (χ3n) is 2.99. The fourth-order valence-corrected chi connectivity index (χ4v) is 2.05. The van der Waals surface area contributed by atoms with Crippen molar-refractivity contribution in [2.45, 2.75) is 26.2 Å². The molecular formula is C14H15FN2O2. The van der Waals surface area contributed by atoms with E-state index in [0.717, 1.165) is 0 Å². The van der Waals surface area contributed by atoms with Crippen LogP contribution in [0.3, 0.4) is 0 Å². The highest BCUT2D eigenvalue weighted by atomic mass is 19.1. The zero-order valence-electron chi connectivity index (χ0n) is 11.0. The van der Waals surface area contributed by atoms with Crippen LogP contribution in [0.4, 0.5) is 10.1 Å². The molecule has 19 heavy (non-hydrogen) atoms. The number of aromatic nitrogens is 1. The molecule has 0 bridgehead atoms. The molecule has 1 heterocycles. The minimum atomic E-state index is -0.479. The molecule has 2 rings (SSSR count). The molecule has 0 fully saturated rings. The fourth-order valence-electron chi connectivity index (χ4n) is 2.05. The Morgan fingerprint density at radius 3 is 2.42 bits per heavy atom. The topological polar surface area (TPSA) is 58.9 Å². The maximum Gasteiger partial charge on any atom is 0.298 e. The van der Waals surface area contributed by atoms with Crippen LogP contribution in [-0.2, 0) is 5.41 Å². The second-order valence-electron chi connectivity index (χ2n) is 5.41. The molecule has 1 aromatic heterocycles. The number of nitro groups is 1. The molecule has 0 aliphatic rings. The van der Waals surface area contributed by atoms with E-state index in [2.05, 4.69) is 4.98 Å². The maximum atomic E-state index is 13.8. The first-order chi connectivity index (χ1) is 8.82. The third-order valence-corrected chi connectivity index (χ3v) is 2.99. The van der Waals surface area contributed by atoms with Crippen molar-refractivity contribution >= 4 is 5.69 Å². The van der Waals surface area contributed by atoms with Gasteiger partial charge >= 0.3 is 0 Å². The van der Waals surface area contributed by atoms with Crippen molar-refractivity contribution in [2.24, 2.45) is 0 Å². The molecule has 0 saturated heterocycles. The van der Waals surface area contributed by atoms with E-state index in [1.54, 1.807) is 18.3 Å². The molecule has 0 unspecified atom stereocenters. The maximum absolute atomic E-state index is 13.8. The van der Waals surface area contributed by atoms with Crippen LogP contribution in [0.5, 0.6) is 0 Å². The molecule has 0 saturated carbocycles. The highest BCUT2D eigenvalue weighted by molar-refractivity contribution is 5.73. The lowest BCUT2D eigenvalue weighted by atomic mass is 9.87. The van der Waals surface area contributed by atoms with E-state index < -0.39 is 10.7 Å². The van der Waals surface area contributed by atoms with Gasteiger partial charge in [0.05, 0.1) is 10.5 Å². The normalized spacial score (nSPS) is 11.6. The lowest BCUT2D eigenvalue weighted by molar-refractivity contribution is -0.385. The number of rotatable bonds is 2. The monoisotopic (exact) mass is 262 g/mol. The van der Waals surface area contributed by atoms with Gasteiger partial charge in [-0.1, -0.05) is 32.9 Å². The average Bonchev–Trinajstić information content (AvgIpc) is 2.73. The van der Waals surface area contributed by atoms with Crippen LogP contribution in [0.15, 0.2) is 30.5 Å². The Morgan fingerprint density at radius 2 is 1.89 bits per heavy atom. The number of hydrogen-bond donors (Lipinski definition) is 1. The van der Waals surface area contributed by atoms with Crippen LogP contribution in [0.1, 0.15) is 26.3 Å². The minimum absolute atomic E-state index is 0.0578. The van der Waals surface area contributed by atoms with E-state index in [1.807, 2.05) is 20.8 Å². The first-order valence-corrected chi connectivity index (χ1v) is 5.93. The molecule has 5 heteroatoms. The Bertz CT molecular complexity index is 627. The summed E-state index contributed by atoms with van der Waals surface area (Å²) < 4.78 is 13.8. The van der Waals surface area contributed by atoms with Gasteiger partial charge in [-0.25, -0.2) is 4.39 Å². The lowest BCUT2D eigenvalue weighted by Gasteiger charge is -2.15. The molecule has 0 atom stereocenters. The van der Waals surface area contributed by atoms with Gasteiger partial charge in [-0.15, -0.1) is 0 Å². The zero-order chi connectivity index (χ0) is 14.2.